The Labute approximate surface area is 166 Å². The summed E-state index contributed by atoms with van der Waals surface area (Å²) in [6.07, 6.45) is 2.77. The second kappa shape index (κ2) is 6.45. The molecule has 1 aliphatic carbocycles. The second-order valence-corrected chi connectivity index (χ2v) is 9.96. The Balaban J connectivity index is 1.68. The SMILES string of the molecule is CN1CCC(NC(=O)c2ccc3[nH]c4c(c3c2)C(C)(C)CC(C)(C)C4=O)CC1. The number of fused-ring (bicyclic) bond motifs is 3. The standard InChI is InChI=1S/C23H31N3O2/c1-22(2)13-23(3,4)20(27)19-18(22)16-12-14(6-7-17(16)25-19)21(28)24-15-8-10-26(5)11-9-15/h6-7,12,15,25H,8-11,13H2,1-5H3,(H,24,28). The number of H-pyrrole nitrogens is 1. The Morgan fingerprint density at radius 2 is 1.82 bits per heavy atom. The van der Waals surface area contributed by atoms with E-state index < -0.39 is 0 Å². The molecule has 1 aromatic carbocycles. The smallest absolute Gasteiger partial charge is 0.251 e. The van der Waals surface area contributed by atoms with Gasteiger partial charge in [0.2, 0.25) is 0 Å². The fourth-order valence-corrected chi connectivity index (χ4v) is 5.24. The summed E-state index contributed by atoms with van der Waals surface area (Å²) < 4.78 is 0. The van der Waals surface area contributed by atoms with Crippen molar-refractivity contribution in [2.45, 2.75) is 58.4 Å². The number of benzene rings is 1. The first-order valence-electron chi connectivity index (χ1n) is 10.3. The van der Waals surface area contributed by atoms with Gasteiger partial charge in [0, 0.05) is 27.9 Å². The van der Waals surface area contributed by atoms with Gasteiger partial charge in [-0.25, -0.2) is 0 Å². The number of piperidine rings is 1. The third kappa shape index (κ3) is 3.16. The van der Waals surface area contributed by atoms with Gasteiger partial charge >= 0.3 is 0 Å². The number of hydrogen-bond acceptors (Lipinski definition) is 3. The number of amides is 1. The molecular formula is C23H31N3O2. The van der Waals surface area contributed by atoms with Gasteiger partial charge in [-0.15, -0.1) is 0 Å². The van der Waals surface area contributed by atoms with Crippen LogP contribution in [0.4, 0.5) is 0 Å². The van der Waals surface area contributed by atoms with Gasteiger partial charge in [0.05, 0.1) is 5.69 Å². The zero-order chi connectivity index (χ0) is 20.3. The molecular weight excluding hydrogens is 350 g/mol. The first-order chi connectivity index (χ1) is 13.1. The lowest BCUT2D eigenvalue weighted by Crippen LogP contribution is -2.43. The maximum atomic E-state index is 13.0. The minimum Gasteiger partial charge on any atom is -0.352 e. The minimum absolute atomic E-state index is 0.0216. The number of nitrogens with zero attached hydrogens (tertiary/aromatic N) is 1. The van der Waals surface area contributed by atoms with Crippen molar-refractivity contribution in [3.05, 3.63) is 35.0 Å². The molecule has 0 saturated carbocycles. The number of ketones is 1. The number of hydrogen-bond donors (Lipinski definition) is 2. The summed E-state index contributed by atoms with van der Waals surface area (Å²) in [6.45, 7) is 10.5. The van der Waals surface area contributed by atoms with Crippen molar-refractivity contribution in [2.75, 3.05) is 20.1 Å². The Bertz CT molecular complexity index is 946. The van der Waals surface area contributed by atoms with E-state index in [2.05, 4.69) is 36.1 Å². The highest BCUT2D eigenvalue weighted by molar-refractivity contribution is 6.08. The van der Waals surface area contributed by atoms with Crippen LogP contribution in [0.15, 0.2) is 18.2 Å². The predicted molar refractivity (Wildman–Crippen MR) is 112 cm³/mol. The normalized spacial score (nSPS) is 22.2. The molecule has 0 bridgehead atoms. The zero-order valence-corrected chi connectivity index (χ0v) is 17.6. The number of carbonyl (C=O) groups excluding carboxylic acids is 2. The number of aromatic amines is 1. The van der Waals surface area contributed by atoms with E-state index in [0.29, 0.717) is 11.3 Å². The van der Waals surface area contributed by atoms with Crippen LogP contribution in [0.3, 0.4) is 0 Å². The molecule has 1 aromatic heterocycles. The van der Waals surface area contributed by atoms with E-state index in [9.17, 15) is 9.59 Å². The van der Waals surface area contributed by atoms with Gasteiger partial charge in [0.15, 0.2) is 5.78 Å². The maximum absolute atomic E-state index is 13.0. The number of nitrogens with one attached hydrogen (secondary N) is 2. The van der Waals surface area contributed by atoms with Crippen LogP contribution in [-0.4, -0.2) is 47.8 Å². The van der Waals surface area contributed by atoms with Crippen LogP contribution in [0.1, 0.15) is 73.4 Å². The predicted octanol–water partition coefficient (Wildman–Crippen LogP) is 3.88. The molecule has 0 unspecified atom stereocenters. The van der Waals surface area contributed by atoms with Gasteiger partial charge in [0.25, 0.3) is 5.91 Å². The molecule has 2 aliphatic rings. The first kappa shape index (κ1) is 19.2. The van der Waals surface area contributed by atoms with Crippen molar-refractivity contribution < 1.29 is 9.59 Å². The minimum atomic E-state index is -0.383. The van der Waals surface area contributed by atoms with Crippen LogP contribution in [0, 0.1) is 5.41 Å². The fourth-order valence-electron chi connectivity index (χ4n) is 5.24. The Kier molecular flexibility index (Phi) is 4.42. The molecule has 0 atom stereocenters. The van der Waals surface area contributed by atoms with Gasteiger partial charge in [-0.05, 0) is 68.6 Å². The van der Waals surface area contributed by atoms with E-state index in [1.165, 1.54) is 0 Å². The molecule has 28 heavy (non-hydrogen) atoms. The average molecular weight is 382 g/mol. The van der Waals surface area contributed by atoms with Crippen molar-refractivity contribution in [3.63, 3.8) is 0 Å². The summed E-state index contributed by atoms with van der Waals surface area (Å²) in [5, 5.41) is 4.19. The summed E-state index contributed by atoms with van der Waals surface area (Å²) in [5.41, 5.74) is 2.85. The molecule has 2 aromatic rings. The fraction of sp³-hybridized carbons (Fsp3) is 0.565. The third-order valence-corrected chi connectivity index (χ3v) is 6.52. The van der Waals surface area contributed by atoms with E-state index in [4.69, 9.17) is 0 Å². The number of likely N-dealkylation sites (tertiary alicyclic amines) is 1. The summed E-state index contributed by atoms with van der Waals surface area (Å²) in [6, 6.07) is 5.99. The highest BCUT2D eigenvalue weighted by atomic mass is 16.1. The van der Waals surface area contributed by atoms with Gasteiger partial charge in [-0.3, -0.25) is 9.59 Å². The molecule has 1 fully saturated rings. The average Bonchev–Trinajstić information content (AvgIpc) is 3.00. The number of Topliss-reactive ketones (excluding diaryl/α,β-unsaturated/α-hetero) is 1. The van der Waals surface area contributed by atoms with Crippen molar-refractivity contribution in [2.24, 2.45) is 5.41 Å². The van der Waals surface area contributed by atoms with Gasteiger partial charge in [-0.2, -0.15) is 0 Å². The van der Waals surface area contributed by atoms with E-state index in [1.54, 1.807) is 0 Å². The zero-order valence-electron chi connectivity index (χ0n) is 17.6. The molecule has 5 nitrogen and oxygen atoms in total. The molecule has 2 N–H and O–H groups in total. The molecule has 1 amide bonds. The summed E-state index contributed by atoms with van der Waals surface area (Å²) in [7, 11) is 2.12. The maximum Gasteiger partial charge on any atom is 0.251 e. The molecule has 2 heterocycles. The van der Waals surface area contributed by atoms with E-state index >= 15 is 0 Å². The largest absolute Gasteiger partial charge is 0.352 e. The van der Waals surface area contributed by atoms with Crippen LogP contribution in [-0.2, 0) is 5.41 Å². The Morgan fingerprint density at radius 1 is 1.14 bits per heavy atom. The molecule has 4 rings (SSSR count). The van der Waals surface area contributed by atoms with Crippen molar-refractivity contribution >= 4 is 22.6 Å². The van der Waals surface area contributed by atoms with Crippen molar-refractivity contribution in [1.29, 1.82) is 0 Å². The number of aromatic nitrogens is 1. The summed E-state index contributed by atoms with van der Waals surface area (Å²) in [5.74, 6) is 0.141. The summed E-state index contributed by atoms with van der Waals surface area (Å²) >= 11 is 0. The highest BCUT2D eigenvalue weighted by Crippen LogP contribution is 2.48. The van der Waals surface area contributed by atoms with Crippen molar-refractivity contribution in [1.82, 2.24) is 15.2 Å². The lowest BCUT2D eigenvalue weighted by molar-refractivity contribution is 0.0759. The van der Waals surface area contributed by atoms with E-state index in [1.807, 2.05) is 32.0 Å². The Morgan fingerprint density at radius 3 is 2.50 bits per heavy atom. The quantitative estimate of drug-likeness (QED) is 0.830. The lowest BCUT2D eigenvalue weighted by Gasteiger charge is -2.39. The Hall–Kier alpha value is -2.14. The van der Waals surface area contributed by atoms with E-state index in [-0.39, 0.29) is 28.6 Å². The number of rotatable bonds is 2. The molecule has 0 spiro atoms. The first-order valence-corrected chi connectivity index (χ1v) is 10.3. The molecule has 0 radical (unpaired) electrons. The van der Waals surface area contributed by atoms with E-state index in [0.717, 1.165) is 48.8 Å². The summed E-state index contributed by atoms with van der Waals surface area (Å²) in [4.78, 5) is 31.5. The lowest BCUT2D eigenvalue weighted by atomic mass is 9.63. The van der Waals surface area contributed by atoms with Gasteiger partial charge in [-0.1, -0.05) is 27.7 Å². The van der Waals surface area contributed by atoms with Crippen LogP contribution in [0.25, 0.3) is 10.9 Å². The van der Waals surface area contributed by atoms with Crippen LogP contribution >= 0.6 is 0 Å². The molecule has 1 saturated heterocycles. The molecule has 1 aliphatic heterocycles. The third-order valence-electron chi connectivity index (χ3n) is 6.52. The van der Waals surface area contributed by atoms with Crippen LogP contribution in [0.5, 0.6) is 0 Å². The second-order valence-electron chi connectivity index (χ2n) is 9.96. The topological polar surface area (TPSA) is 65.2 Å². The van der Waals surface area contributed by atoms with Gasteiger partial charge < -0.3 is 15.2 Å². The molecule has 150 valence electrons. The molecule has 5 heteroatoms. The van der Waals surface area contributed by atoms with Crippen molar-refractivity contribution in [3.8, 4) is 0 Å². The van der Waals surface area contributed by atoms with Crippen LogP contribution in [0.2, 0.25) is 0 Å². The number of carbonyl (C=O) groups is 2. The highest BCUT2D eigenvalue weighted by Gasteiger charge is 2.45. The van der Waals surface area contributed by atoms with Crippen LogP contribution < -0.4 is 5.32 Å². The van der Waals surface area contributed by atoms with Gasteiger partial charge in [0.1, 0.15) is 0 Å². The monoisotopic (exact) mass is 381 g/mol.